The van der Waals surface area contributed by atoms with Gasteiger partial charge in [-0.15, -0.1) is 12.3 Å². The van der Waals surface area contributed by atoms with Gasteiger partial charge in [0.05, 0.1) is 44.3 Å². The monoisotopic (exact) mass is 680 g/mol. The van der Waals surface area contributed by atoms with Crippen molar-refractivity contribution in [3.63, 3.8) is 0 Å². The Labute approximate surface area is 285 Å². The average Bonchev–Trinajstić information content (AvgIpc) is 3.56. The van der Waals surface area contributed by atoms with Crippen LogP contribution in [0.2, 0.25) is 0 Å². The molecule has 0 aliphatic rings. The van der Waals surface area contributed by atoms with Gasteiger partial charge in [-0.1, -0.05) is 0 Å². The summed E-state index contributed by atoms with van der Waals surface area (Å²) in [5.41, 5.74) is 0.601. The van der Waals surface area contributed by atoms with Gasteiger partial charge in [0.15, 0.2) is 5.60 Å². The highest BCUT2D eigenvalue weighted by Gasteiger charge is 2.43. The molecule has 1 rings (SSSR count). The normalized spacial score (nSPS) is 15.6. The molecule has 4 unspecified atom stereocenters. The van der Waals surface area contributed by atoms with Crippen LogP contribution < -0.4 is 11.1 Å². The van der Waals surface area contributed by atoms with Crippen molar-refractivity contribution < 1.29 is 47.6 Å². The van der Waals surface area contributed by atoms with Crippen LogP contribution in [-0.4, -0.2) is 97.0 Å². The topological polar surface area (TPSA) is 180 Å². The van der Waals surface area contributed by atoms with Crippen LogP contribution >= 0.6 is 0 Å². The maximum atomic E-state index is 13.5. The van der Waals surface area contributed by atoms with Crippen LogP contribution in [0.1, 0.15) is 75.2 Å². The Hall–Kier alpha value is -3.51. The van der Waals surface area contributed by atoms with Gasteiger partial charge in [-0.3, -0.25) is 14.4 Å². The Morgan fingerprint density at radius 3 is 2.19 bits per heavy atom. The van der Waals surface area contributed by atoms with E-state index in [9.17, 15) is 19.2 Å². The molecule has 0 fully saturated rings. The van der Waals surface area contributed by atoms with E-state index in [-0.39, 0.29) is 39.6 Å². The lowest BCUT2D eigenvalue weighted by Crippen LogP contribution is -2.50. The van der Waals surface area contributed by atoms with Gasteiger partial charge in [-0.05, 0) is 68.7 Å². The summed E-state index contributed by atoms with van der Waals surface area (Å²) in [7, 11) is 0. The van der Waals surface area contributed by atoms with Crippen molar-refractivity contribution in [3.05, 3.63) is 18.7 Å². The molecule has 0 bridgehead atoms. The predicted octanol–water partition coefficient (Wildman–Crippen LogP) is 2.62. The van der Waals surface area contributed by atoms with E-state index in [2.05, 4.69) is 16.2 Å². The fraction of sp³-hybridized carbons (Fsp3) is 0.735. The molecule has 3 N–H and O–H groups in total. The molecule has 1 amide bonds. The maximum Gasteiger partial charge on any atom is 0.337 e. The smallest absolute Gasteiger partial charge is 0.337 e. The number of amides is 1. The van der Waals surface area contributed by atoms with Crippen molar-refractivity contribution in [2.24, 2.45) is 22.5 Å². The molecule has 0 aromatic carbocycles. The molecule has 14 nitrogen and oxygen atoms in total. The fourth-order valence-electron chi connectivity index (χ4n) is 3.98. The number of hydrogen-bond acceptors (Lipinski definition) is 12. The van der Waals surface area contributed by atoms with E-state index in [1.807, 2.05) is 10.8 Å². The van der Waals surface area contributed by atoms with Crippen LogP contribution in [0.4, 0.5) is 0 Å². The van der Waals surface area contributed by atoms with E-state index in [1.165, 1.54) is 0 Å². The number of rotatable bonds is 23. The molecule has 0 aliphatic carbocycles. The van der Waals surface area contributed by atoms with Gasteiger partial charge in [-0.25, -0.2) is 9.78 Å². The highest BCUT2D eigenvalue weighted by molar-refractivity contribution is 5.84. The van der Waals surface area contributed by atoms with Gasteiger partial charge in [0.2, 0.25) is 5.91 Å². The first-order valence-corrected chi connectivity index (χ1v) is 16.2. The molecule has 0 saturated heterocycles. The minimum atomic E-state index is -1.35. The summed E-state index contributed by atoms with van der Waals surface area (Å²) in [6, 6.07) is 0. The Morgan fingerprint density at radius 1 is 0.938 bits per heavy atom. The van der Waals surface area contributed by atoms with Gasteiger partial charge < -0.3 is 44.0 Å². The van der Waals surface area contributed by atoms with Crippen LogP contribution in [0.3, 0.4) is 0 Å². The van der Waals surface area contributed by atoms with Gasteiger partial charge in [0, 0.05) is 31.9 Å². The summed E-state index contributed by atoms with van der Waals surface area (Å²) in [4.78, 5) is 56.4. The summed E-state index contributed by atoms with van der Waals surface area (Å²) in [5, 5.41) is 2.90. The third-order valence-electron chi connectivity index (χ3n) is 7.83. The van der Waals surface area contributed by atoms with E-state index >= 15 is 0 Å². The molecule has 0 saturated carbocycles. The molecule has 272 valence electrons. The van der Waals surface area contributed by atoms with Crippen molar-refractivity contribution in [2.45, 2.75) is 99.1 Å². The van der Waals surface area contributed by atoms with Gasteiger partial charge in [0.25, 0.3) is 0 Å². The number of aromatic nitrogens is 2. The first kappa shape index (κ1) is 42.5. The van der Waals surface area contributed by atoms with E-state index in [0.717, 1.165) is 0 Å². The lowest BCUT2D eigenvalue weighted by Gasteiger charge is -2.36. The van der Waals surface area contributed by atoms with Crippen LogP contribution in [0.15, 0.2) is 18.7 Å². The number of aryl methyl sites for hydroxylation is 1. The van der Waals surface area contributed by atoms with Crippen LogP contribution in [-0.2, 0) is 54.1 Å². The SMILES string of the molecule is C#CCCOC(C)(C)C(=O)OCC(C)(COC(C)(C)C(C)C(=O)OCC(C)(COC(C)N)C(=O)OCC)C(=O)NCCCn1ccnc1. The van der Waals surface area contributed by atoms with E-state index in [0.29, 0.717) is 25.9 Å². The molecule has 0 radical (unpaired) electrons. The number of nitrogens with two attached hydrogens (primary N) is 1. The van der Waals surface area contributed by atoms with Crippen LogP contribution in [0, 0.1) is 29.1 Å². The number of carbonyl (C=O) groups excluding carboxylic acids is 4. The Morgan fingerprint density at radius 2 is 1.60 bits per heavy atom. The van der Waals surface area contributed by atoms with Crippen LogP contribution in [0.5, 0.6) is 0 Å². The third kappa shape index (κ3) is 13.9. The number of nitrogens with one attached hydrogen (secondary N) is 1. The summed E-state index contributed by atoms with van der Waals surface area (Å²) in [6.07, 6.45) is 10.8. The first-order valence-electron chi connectivity index (χ1n) is 16.2. The van der Waals surface area contributed by atoms with E-state index in [4.69, 9.17) is 40.6 Å². The van der Waals surface area contributed by atoms with E-state index in [1.54, 1.807) is 74.8 Å². The van der Waals surface area contributed by atoms with E-state index < -0.39 is 58.0 Å². The maximum absolute atomic E-state index is 13.5. The second kappa shape index (κ2) is 19.5. The number of esters is 3. The van der Waals surface area contributed by atoms with Crippen molar-refractivity contribution in [1.82, 2.24) is 14.9 Å². The number of ether oxygens (including phenoxy) is 6. The average molecular weight is 681 g/mol. The number of imidazole rings is 1. The van der Waals surface area contributed by atoms with Gasteiger partial charge in [0.1, 0.15) is 30.3 Å². The number of terminal acetylenes is 1. The second-order valence-electron chi connectivity index (χ2n) is 13.4. The molecule has 4 atom stereocenters. The molecule has 0 spiro atoms. The predicted molar refractivity (Wildman–Crippen MR) is 177 cm³/mol. The molecule has 1 aromatic rings. The first-order chi connectivity index (χ1) is 22.3. The highest BCUT2D eigenvalue weighted by atomic mass is 16.6. The second-order valence-corrected chi connectivity index (χ2v) is 13.4. The highest BCUT2D eigenvalue weighted by Crippen LogP contribution is 2.29. The van der Waals surface area contributed by atoms with Crippen molar-refractivity contribution in [2.75, 3.05) is 46.2 Å². The van der Waals surface area contributed by atoms with Gasteiger partial charge >= 0.3 is 17.9 Å². The molecule has 14 heteroatoms. The quantitative estimate of drug-likeness (QED) is 0.0568. The molecule has 1 aromatic heterocycles. The molecular formula is C34H56N4O10. The summed E-state index contributed by atoms with van der Waals surface area (Å²) in [5.74, 6) is -0.699. The zero-order valence-electron chi connectivity index (χ0n) is 30.1. The largest absolute Gasteiger partial charge is 0.465 e. The molecule has 1 heterocycles. The zero-order valence-corrected chi connectivity index (χ0v) is 30.1. The number of carbonyl (C=O) groups is 4. The number of nitrogens with zero attached hydrogens (tertiary/aromatic N) is 2. The lowest BCUT2D eigenvalue weighted by atomic mass is 9.88. The Bertz CT molecular complexity index is 1210. The summed E-state index contributed by atoms with van der Waals surface area (Å²) < 4.78 is 35.5. The van der Waals surface area contributed by atoms with Crippen LogP contribution in [0.25, 0.3) is 0 Å². The van der Waals surface area contributed by atoms with Crippen molar-refractivity contribution in [1.29, 1.82) is 0 Å². The Kier molecular flexibility index (Phi) is 17.3. The molecule has 48 heavy (non-hydrogen) atoms. The third-order valence-corrected chi connectivity index (χ3v) is 7.83. The molecular weight excluding hydrogens is 624 g/mol. The number of hydrogen-bond donors (Lipinski definition) is 2. The summed E-state index contributed by atoms with van der Waals surface area (Å²) in [6.45, 7) is 14.9. The lowest BCUT2D eigenvalue weighted by molar-refractivity contribution is -0.179. The minimum absolute atomic E-state index is 0.120. The van der Waals surface area contributed by atoms with Gasteiger partial charge in [-0.2, -0.15) is 0 Å². The van der Waals surface area contributed by atoms with Crippen molar-refractivity contribution >= 4 is 23.8 Å². The fourth-order valence-corrected chi connectivity index (χ4v) is 3.98. The standard InChI is InChI=1S/C34H56N4O10/c1-11-13-19-47-32(7,8)29(41)46-20-33(9,28(40)37-15-14-17-38-18-16-36-24-38)23-48-31(5,6)25(3)27(39)45-22-34(10,21-44-26(4)35)30(42)43-12-2/h1,16,18,24-26H,12-15,17,19-23,35H2,2-10H3,(H,37,40). The Balaban J connectivity index is 3.01. The zero-order chi connectivity index (χ0) is 36.6. The molecule has 0 aliphatic heterocycles. The summed E-state index contributed by atoms with van der Waals surface area (Å²) >= 11 is 0. The van der Waals surface area contributed by atoms with Crippen molar-refractivity contribution in [3.8, 4) is 12.3 Å². The minimum Gasteiger partial charge on any atom is -0.465 e.